The summed E-state index contributed by atoms with van der Waals surface area (Å²) in [6.07, 6.45) is 3.73. The maximum atomic E-state index is 11.6. The molecule has 3 aromatic rings. The topological polar surface area (TPSA) is 55.6 Å². The van der Waals surface area contributed by atoms with Gasteiger partial charge in [0.1, 0.15) is 0 Å². The zero-order chi connectivity index (χ0) is 12.0. The average molecular weight is 228 g/mol. The third-order valence-electron chi connectivity index (χ3n) is 2.93. The lowest BCUT2D eigenvalue weighted by molar-refractivity contribution is 0.768. The van der Waals surface area contributed by atoms with Crippen LogP contribution in [0.1, 0.15) is 0 Å². The molecule has 0 aliphatic rings. The lowest BCUT2D eigenvalue weighted by Gasteiger charge is -2.01. The van der Waals surface area contributed by atoms with Crippen LogP contribution in [0, 0.1) is 0 Å². The van der Waals surface area contributed by atoms with Gasteiger partial charge in [0.05, 0.1) is 17.2 Å². The number of nitrogens with zero attached hydrogens (tertiary/aromatic N) is 3. The highest BCUT2D eigenvalue weighted by molar-refractivity contribution is 5.91. The van der Waals surface area contributed by atoms with Gasteiger partial charge >= 0.3 is 5.69 Å². The SMILES string of the molecule is Cn1cc(-c2cccc3[nH]c(=O)n(C)c23)cn1. The Balaban J connectivity index is 2.40. The molecular formula is C12H12N4O. The Morgan fingerprint density at radius 2 is 2.12 bits per heavy atom. The van der Waals surface area contributed by atoms with Gasteiger partial charge in [0.15, 0.2) is 0 Å². The Morgan fingerprint density at radius 1 is 1.29 bits per heavy atom. The lowest BCUT2D eigenvalue weighted by atomic mass is 10.1. The van der Waals surface area contributed by atoms with Crippen molar-refractivity contribution in [2.24, 2.45) is 14.1 Å². The molecule has 0 spiro atoms. The molecule has 2 heterocycles. The lowest BCUT2D eigenvalue weighted by Crippen LogP contribution is -2.12. The first kappa shape index (κ1) is 9.89. The van der Waals surface area contributed by atoms with Crippen LogP contribution in [0.4, 0.5) is 0 Å². The van der Waals surface area contributed by atoms with E-state index in [9.17, 15) is 4.79 Å². The summed E-state index contributed by atoms with van der Waals surface area (Å²) < 4.78 is 3.37. The maximum Gasteiger partial charge on any atom is 0.326 e. The molecule has 17 heavy (non-hydrogen) atoms. The predicted octanol–water partition coefficient (Wildman–Crippen LogP) is 1.27. The van der Waals surface area contributed by atoms with Gasteiger partial charge in [-0.05, 0) is 6.07 Å². The Kier molecular flexibility index (Phi) is 1.95. The van der Waals surface area contributed by atoms with Crippen LogP contribution in [0.3, 0.4) is 0 Å². The normalized spacial score (nSPS) is 11.2. The van der Waals surface area contributed by atoms with Crippen molar-refractivity contribution in [1.29, 1.82) is 0 Å². The van der Waals surface area contributed by atoms with E-state index in [0.29, 0.717) is 0 Å². The molecule has 0 aliphatic carbocycles. The molecule has 1 aromatic carbocycles. The number of rotatable bonds is 1. The van der Waals surface area contributed by atoms with E-state index in [0.717, 1.165) is 22.2 Å². The second-order valence-electron chi connectivity index (χ2n) is 4.09. The number of H-pyrrole nitrogens is 1. The van der Waals surface area contributed by atoms with E-state index in [-0.39, 0.29) is 5.69 Å². The fourth-order valence-corrected chi connectivity index (χ4v) is 2.10. The van der Waals surface area contributed by atoms with Gasteiger partial charge in [0.25, 0.3) is 0 Å². The summed E-state index contributed by atoms with van der Waals surface area (Å²) in [7, 11) is 3.64. The van der Waals surface area contributed by atoms with Crippen LogP contribution in [0.2, 0.25) is 0 Å². The summed E-state index contributed by atoms with van der Waals surface area (Å²) in [4.78, 5) is 14.4. The minimum absolute atomic E-state index is 0.101. The molecule has 0 radical (unpaired) electrons. The molecule has 0 aliphatic heterocycles. The first-order chi connectivity index (χ1) is 8.16. The van der Waals surface area contributed by atoms with Crippen LogP contribution >= 0.6 is 0 Å². The number of fused-ring (bicyclic) bond motifs is 1. The first-order valence-electron chi connectivity index (χ1n) is 5.33. The van der Waals surface area contributed by atoms with Crippen LogP contribution in [-0.2, 0) is 14.1 Å². The fraction of sp³-hybridized carbons (Fsp3) is 0.167. The molecular weight excluding hydrogens is 216 g/mol. The molecule has 0 amide bonds. The largest absolute Gasteiger partial charge is 0.326 e. The molecule has 1 N–H and O–H groups in total. The molecule has 0 saturated carbocycles. The molecule has 5 heteroatoms. The summed E-state index contributed by atoms with van der Waals surface area (Å²) >= 11 is 0. The van der Waals surface area contributed by atoms with Crippen molar-refractivity contribution in [2.45, 2.75) is 0 Å². The smallest absolute Gasteiger partial charge is 0.306 e. The third kappa shape index (κ3) is 1.39. The maximum absolute atomic E-state index is 11.6. The Morgan fingerprint density at radius 3 is 2.82 bits per heavy atom. The monoisotopic (exact) mass is 228 g/mol. The quantitative estimate of drug-likeness (QED) is 0.681. The minimum atomic E-state index is -0.101. The average Bonchev–Trinajstić information content (AvgIpc) is 2.85. The molecule has 0 bridgehead atoms. The second-order valence-corrected chi connectivity index (χ2v) is 4.09. The summed E-state index contributed by atoms with van der Waals surface area (Å²) in [5, 5.41) is 4.16. The van der Waals surface area contributed by atoms with E-state index in [1.165, 1.54) is 0 Å². The second kappa shape index (κ2) is 3.35. The number of aryl methyl sites for hydroxylation is 2. The van der Waals surface area contributed by atoms with Gasteiger partial charge in [-0.3, -0.25) is 9.25 Å². The van der Waals surface area contributed by atoms with Gasteiger partial charge < -0.3 is 4.98 Å². The van der Waals surface area contributed by atoms with E-state index >= 15 is 0 Å². The Hall–Kier alpha value is -2.30. The number of benzene rings is 1. The molecule has 0 atom stereocenters. The van der Waals surface area contributed by atoms with Crippen molar-refractivity contribution < 1.29 is 0 Å². The molecule has 86 valence electrons. The number of hydrogen-bond donors (Lipinski definition) is 1. The van der Waals surface area contributed by atoms with Crippen LogP contribution in [-0.4, -0.2) is 19.3 Å². The molecule has 0 fully saturated rings. The summed E-state index contributed by atoms with van der Waals surface area (Å²) in [5.74, 6) is 0. The van der Waals surface area contributed by atoms with Crippen molar-refractivity contribution in [2.75, 3.05) is 0 Å². The highest BCUT2D eigenvalue weighted by Crippen LogP contribution is 2.26. The van der Waals surface area contributed by atoms with E-state index in [4.69, 9.17) is 0 Å². The summed E-state index contributed by atoms with van der Waals surface area (Å²) in [5.41, 5.74) is 3.67. The van der Waals surface area contributed by atoms with Crippen LogP contribution in [0.15, 0.2) is 35.4 Å². The first-order valence-corrected chi connectivity index (χ1v) is 5.33. The van der Waals surface area contributed by atoms with Gasteiger partial charge in [-0.15, -0.1) is 0 Å². The summed E-state index contributed by atoms with van der Waals surface area (Å²) in [6.45, 7) is 0. The Labute approximate surface area is 97.3 Å². The number of para-hydroxylation sites is 1. The highest BCUT2D eigenvalue weighted by atomic mass is 16.1. The van der Waals surface area contributed by atoms with E-state index < -0.39 is 0 Å². The minimum Gasteiger partial charge on any atom is -0.306 e. The predicted molar refractivity (Wildman–Crippen MR) is 65.7 cm³/mol. The van der Waals surface area contributed by atoms with Gasteiger partial charge in [-0.1, -0.05) is 12.1 Å². The standard InChI is InChI=1S/C12H12N4O/c1-15-7-8(6-13-15)9-4-3-5-10-11(9)16(2)12(17)14-10/h3-7H,1-2H3,(H,14,17). The van der Waals surface area contributed by atoms with Crippen molar-refractivity contribution in [3.8, 4) is 11.1 Å². The fourth-order valence-electron chi connectivity index (χ4n) is 2.10. The van der Waals surface area contributed by atoms with Gasteiger partial charge in [0, 0.05) is 31.4 Å². The van der Waals surface area contributed by atoms with Crippen molar-refractivity contribution >= 4 is 11.0 Å². The van der Waals surface area contributed by atoms with E-state index in [1.54, 1.807) is 22.5 Å². The number of nitrogens with one attached hydrogen (secondary N) is 1. The zero-order valence-corrected chi connectivity index (χ0v) is 9.64. The van der Waals surface area contributed by atoms with Gasteiger partial charge in [0.2, 0.25) is 0 Å². The molecule has 3 rings (SSSR count). The molecule has 0 unspecified atom stereocenters. The Bertz CT molecular complexity index is 747. The van der Waals surface area contributed by atoms with Gasteiger partial charge in [-0.25, -0.2) is 4.79 Å². The van der Waals surface area contributed by atoms with E-state index in [2.05, 4.69) is 10.1 Å². The number of aromatic nitrogens is 4. The third-order valence-corrected chi connectivity index (χ3v) is 2.93. The number of hydrogen-bond acceptors (Lipinski definition) is 2. The van der Waals surface area contributed by atoms with E-state index in [1.807, 2.05) is 31.4 Å². The zero-order valence-electron chi connectivity index (χ0n) is 9.64. The molecule has 0 saturated heterocycles. The molecule has 5 nitrogen and oxygen atoms in total. The van der Waals surface area contributed by atoms with Crippen molar-refractivity contribution in [1.82, 2.24) is 19.3 Å². The van der Waals surface area contributed by atoms with Crippen molar-refractivity contribution in [3.05, 3.63) is 41.1 Å². The summed E-state index contributed by atoms with van der Waals surface area (Å²) in [6, 6.07) is 5.82. The number of imidazole rings is 1. The van der Waals surface area contributed by atoms with Crippen LogP contribution in [0.25, 0.3) is 22.2 Å². The number of aromatic amines is 1. The highest BCUT2D eigenvalue weighted by Gasteiger charge is 2.10. The van der Waals surface area contributed by atoms with Crippen LogP contribution < -0.4 is 5.69 Å². The molecule has 2 aromatic heterocycles. The van der Waals surface area contributed by atoms with Gasteiger partial charge in [-0.2, -0.15) is 5.10 Å². The van der Waals surface area contributed by atoms with Crippen molar-refractivity contribution in [3.63, 3.8) is 0 Å². The van der Waals surface area contributed by atoms with Crippen LogP contribution in [0.5, 0.6) is 0 Å².